The SMILES string of the molecule is CC(=O)N[C@@H](CCCCN)C(=O)N[C@@H](CCCCN)C(=O)NCC1CCN(C(=N)N)CC1. The van der Waals surface area contributed by atoms with Crippen LogP contribution < -0.4 is 33.2 Å². The van der Waals surface area contributed by atoms with Crippen molar-refractivity contribution in [2.45, 2.75) is 70.4 Å². The highest BCUT2D eigenvalue weighted by molar-refractivity contribution is 5.91. The second kappa shape index (κ2) is 15.4. The topological polar surface area (TPSA) is 192 Å². The third kappa shape index (κ3) is 10.8. The summed E-state index contributed by atoms with van der Waals surface area (Å²) in [5.74, 6) is -0.500. The maximum Gasteiger partial charge on any atom is 0.243 e. The first kappa shape index (κ1) is 27.6. The van der Waals surface area contributed by atoms with Crippen molar-refractivity contribution in [3.63, 3.8) is 0 Å². The van der Waals surface area contributed by atoms with Crippen molar-refractivity contribution in [3.8, 4) is 0 Å². The van der Waals surface area contributed by atoms with Crippen LogP contribution in [0, 0.1) is 11.3 Å². The van der Waals surface area contributed by atoms with Gasteiger partial charge >= 0.3 is 0 Å². The van der Waals surface area contributed by atoms with Crippen LogP contribution in [0.15, 0.2) is 0 Å². The molecule has 0 saturated carbocycles. The van der Waals surface area contributed by atoms with Crippen LogP contribution in [0.1, 0.15) is 58.3 Å². The number of hydrogen-bond donors (Lipinski definition) is 7. The molecule has 2 atom stereocenters. The molecule has 0 spiro atoms. The number of carbonyl (C=O) groups is 3. The van der Waals surface area contributed by atoms with Gasteiger partial charge in [0.05, 0.1) is 0 Å². The quantitative estimate of drug-likeness (QED) is 0.0988. The second-order valence-electron chi connectivity index (χ2n) is 8.44. The van der Waals surface area contributed by atoms with Crippen LogP contribution >= 0.6 is 0 Å². The summed E-state index contributed by atoms with van der Waals surface area (Å²) in [6.45, 7) is 4.32. The molecular weight excluding hydrogens is 412 g/mol. The average Bonchev–Trinajstić information content (AvgIpc) is 2.76. The van der Waals surface area contributed by atoms with Gasteiger partial charge in [0.1, 0.15) is 12.1 Å². The molecule has 184 valence electrons. The molecular formula is C21H42N8O3. The summed E-state index contributed by atoms with van der Waals surface area (Å²) in [6.07, 6.45) is 5.57. The zero-order valence-electron chi connectivity index (χ0n) is 19.3. The largest absolute Gasteiger partial charge is 0.370 e. The Balaban J connectivity index is 2.65. The van der Waals surface area contributed by atoms with E-state index in [9.17, 15) is 14.4 Å². The van der Waals surface area contributed by atoms with Crippen molar-refractivity contribution < 1.29 is 14.4 Å². The van der Waals surface area contributed by atoms with E-state index in [0.29, 0.717) is 64.3 Å². The van der Waals surface area contributed by atoms with E-state index >= 15 is 0 Å². The van der Waals surface area contributed by atoms with E-state index in [0.717, 1.165) is 25.7 Å². The molecule has 0 bridgehead atoms. The highest BCUT2D eigenvalue weighted by Gasteiger charge is 2.27. The zero-order valence-corrected chi connectivity index (χ0v) is 19.3. The number of amides is 3. The number of nitrogens with two attached hydrogens (primary N) is 3. The first-order valence-corrected chi connectivity index (χ1v) is 11.6. The Morgan fingerprint density at radius 3 is 1.94 bits per heavy atom. The predicted octanol–water partition coefficient (Wildman–Crippen LogP) is -1.04. The van der Waals surface area contributed by atoms with Crippen molar-refractivity contribution in [3.05, 3.63) is 0 Å². The Hall–Kier alpha value is -2.40. The summed E-state index contributed by atoms with van der Waals surface area (Å²) in [6, 6.07) is -1.38. The van der Waals surface area contributed by atoms with Gasteiger partial charge in [-0.2, -0.15) is 0 Å². The summed E-state index contributed by atoms with van der Waals surface area (Å²) < 4.78 is 0. The van der Waals surface area contributed by atoms with Crippen molar-refractivity contribution in [1.29, 1.82) is 5.41 Å². The first-order valence-electron chi connectivity index (χ1n) is 11.6. The van der Waals surface area contributed by atoms with Crippen molar-refractivity contribution in [1.82, 2.24) is 20.9 Å². The number of hydrogen-bond acceptors (Lipinski definition) is 6. The lowest BCUT2D eigenvalue weighted by molar-refractivity contribution is -0.132. The normalized spacial score (nSPS) is 16.2. The molecule has 1 aliphatic rings. The molecule has 3 amide bonds. The molecule has 0 radical (unpaired) electrons. The highest BCUT2D eigenvalue weighted by atomic mass is 16.2. The fourth-order valence-electron chi connectivity index (χ4n) is 3.79. The number of carbonyl (C=O) groups excluding carboxylic acids is 3. The van der Waals surface area contributed by atoms with Crippen LogP contribution in [0.5, 0.6) is 0 Å². The summed E-state index contributed by atoms with van der Waals surface area (Å²) in [5, 5.41) is 16.0. The van der Waals surface area contributed by atoms with Gasteiger partial charge < -0.3 is 38.1 Å². The fourth-order valence-corrected chi connectivity index (χ4v) is 3.79. The Labute approximate surface area is 191 Å². The second-order valence-corrected chi connectivity index (χ2v) is 8.44. The minimum Gasteiger partial charge on any atom is -0.370 e. The Morgan fingerprint density at radius 2 is 1.47 bits per heavy atom. The minimum atomic E-state index is -0.695. The molecule has 11 heteroatoms. The van der Waals surface area contributed by atoms with Gasteiger partial charge in [-0.05, 0) is 70.4 Å². The Bertz CT molecular complexity index is 608. The number of nitrogens with one attached hydrogen (secondary N) is 4. The molecule has 11 nitrogen and oxygen atoms in total. The van der Waals surface area contributed by atoms with Gasteiger partial charge in [0.25, 0.3) is 0 Å². The predicted molar refractivity (Wildman–Crippen MR) is 125 cm³/mol. The smallest absolute Gasteiger partial charge is 0.243 e. The van der Waals surface area contributed by atoms with Crippen molar-refractivity contribution in [2.75, 3.05) is 32.7 Å². The third-order valence-electron chi connectivity index (χ3n) is 5.74. The lowest BCUT2D eigenvalue weighted by Gasteiger charge is -2.32. The van der Waals surface area contributed by atoms with Gasteiger partial charge in [-0.15, -0.1) is 0 Å². The number of guanidine groups is 1. The molecule has 0 aromatic heterocycles. The van der Waals surface area contributed by atoms with Crippen LogP contribution in [-0.2, 0) is 14.4 Å². The Kier molecular flexibility index (Phi) is 13.3. The number of nitrogens with zero attached hydrogens (tertiary/aromatic N) is 1. The van der Waals surface area contributed by atoms with E-state index < -0.39 is 12.1 Å². The van der Waals surface area contributed by atoms with E-state index in [1.54, 1.807) is 0 Å². The standard InChI is InChI=1S/C21H42N8O3/c1-15(30)27-18(7-3-5-11-23)20(32)28-17(6-2-4-10-22)19(31)26-14-16-8-12-29(13-9-16)21(24)25/h16-18H,2-14,22-23H2,1H3,(H3,24,25)(H,26,31)(H,27,30)(H,28,32)/t17-,18-/m0/s1. The third-order valence-corrected chi connectivity index (χ3v) is 5.74. The summed E-state index contributed by atoms with van der Waals surface area (Å²) >= 11 is 0. The lowest BCUT2D eigenvalue weighted by Crippen LogP contribution is -2.54. The molecule has 1 aliphatic heterocycles. The maximum absolute atomic E-state index is 12.9. The minimum absolute atomic E-state index is 0.0790. The lowest BCUT2D eigenvalue weighted by atomic mass is 9.96. The molecule has 0 aromatic rings. The van der Waals surface area contributed by atoms with E-state index in [1.165, 1.54) is 6.92 Å². The number of rotatable bonds is 14. The van der Waals surface area contributed by atoms with Crippen molar-refractivity contribution in [2.24, 2.45) is 23.1 Å². The number of unbranched alkanes of at least 4 members (excludes halogenated alkanes) is 2. The van der Waals surface area contributed by atoms with Crippen LogP contribution in [0.4, 0.5) is 0 Å². The molecule has 10 N–H and O–H groups in total. The van der Waals surface area contributed by atoms with Gasteiger partial charge in [-0.1, -0.05) is 0 Å². The van der Waals surface area contributed by atoms with E-state index in [4.69, 9.17) is 22.6 Å². The summed E-state index contributed by atoms with van der Waals surface area (Å²) in [5.41, 5.74) is 16.6. The summed E-state index contributed by atoms with van der Waals surface area (Å²) in [4.78, 5) is 39.0. The zero-order chi connectivity index (χ0) is 23.9. The van der Waals surface area contributed by atoms with Crippen LogP contribution in [-0.4, -0.2) is 73.4 Å². The van der Waals surface area contributed by atoms with Crippen LogP contribution in [0.25, 0.3) is 0 Å². The van der Waals surface area contributed by atoms with E-state index in [1.807, 2.05) is 4.90 Å². The van der Waals surface area contributed by atoms with Crippen LogP contribution in [0.2, 0.25) is 0 Å². The van der Waals surface area contributed by atoms with Crippen molar-refractivity contribution >= 4 is 23.7 Å². The van der Waals surface area contributed by atoms with Gasteiger partial charge in [-0.3, -0.25) is 19.8 Å². The van der Waals surface area contributed by atoms with E-state index in [-0.39, 0.29) is 23.7 Å². The molecule has 0 aliphatic carbocycles. The van der Waals surface area contributed by atoms with Gasteiger partial charge in [0.15, 0.2) is 5.96 Å². The molecule has 1 rings (SSSR count). The fraction of sp³-hybridized carbons (Fsp3) is 0.810. The summed E-state index contributed by atoms with van der Waals surface area (Å²) in [7, 11) is 0. The molecule has 0 unspecified atom stereocenters. The molecule has 1 fully saturated rings. The van der Waals surface area contributed by atoms with Gasteiger partial charge in [0, 0.05) is 26.6 Å². The number of likely N-dealkylation sites (tertiary alicyclic amines) is 1. The van der Waals surface area contributed by atoms with E-state index in [2.05, 4.69) is 16.0 Å². The first-order chi connectivity index (χ1) is 15.3. The average molecular weight is 455 g/mol. The molecule has 0 aromatic carbocycles. The van der Waals surface area contributed by atoms with Gasteiger partial charge in [-0.25, -0.2) is 0 Å². The number of piperidine rings is 1. The maximum atomic E-state index is 12.9. The molecule has 1 saturated heterocycles. The van der Waals surface area contributed by atoms with Gasteiger partial charge in [0.2, 0.25) is 17.7 Å². The highest BCUT2D eigenvalue weighted by Crippen LogP contribution is 2.16. The molecule has 1 heterocycles. The molecule has 32 heavy (non-hydrogen) atoms. The monoisotopic (exact) mass is 454 g/mol. The Morgan fingerprint density at radius 1 is 0.938 bits per heavy atom. The van der Waals surface area contributed by atoms with Crippen LogP contribution in [0.3, 0.4) is 0 Å².